The average molecular weight is 210 g/mol. The van der Waals surface area contributed by atoms with Gasteiger partial charge in [-0.05, 0) is 53.9 Å². The fourth-order valence-corrected chi connectivity index (χ4v) is 4.29. The largest absolute Gasteiger partial charge is 0.161 e. The smallest absolute Gasteiger partial charge is 0.00256 e. The zero-order valence-corrected chi connectivity index (χ0v) is 10.3. The summed E-state index contributed by atoms with van der Waals surface area (Å²) in [4.78, 5) is 0. The van der Waals surface area contributed by atoms with E-state index in [1.165, 1.54) is 30.8 Å². The summed E-state index contributed by atoms with van der Waals surface area (Å²) in [7, 11) is 0. The molecule has 2 unspecified atom stereocenters. The molecule has 1 saturated heterocycles. The zero-order valence-electron chi connectivity index (χ0n) is 9.46. The van der Waals surface area contributed by atoms with Crippen LogP contribution in [0.2, 0.25) is 0 Å². The van der Waals surface area contributed by atoms with E-state index in [0.29, 0.717) is 5.41 Å². The number of hydrogen-bond donors (Lipinski definition) is 0. The summed E-state index contributed by atoms with van der Waals surface area (Å²) in [5.41, 5.74) is 0.585. The Morgan fingerprint density at radius 2 is 2.07 bits per heavy atom. The van der Waals surface area contributed by atoms with Gasteiger partial charge in [-0.25, -0.2) is 0 Å². The summed E-state index contributed by atoms with van der Waals surface area (Å²) in [5.74, 6) is 5.54. The fraction of sp³-hybridized carbons (Fsp3) is 0.846. The Labute approximate surface area is 92.5 Å². The molecule has 0 aromatic heterocycles. The van der Waals surface area contributed by atoms with Crippen LogP contribution in [-0.4, -0.2) is 11.5 Å². The summed E-state index contributed by atoms with van der Waals surface area (Å²) < 4.78 is 0. The van der Waals surface area contributed by atoms with E-state index in [2.05, 4.69) is 38.3 Å². The van der Waals surface area contributed by atoms with Crippen molar-refractivity contribution in [3.8, 4) is 0 Å². The Bertz CT molecular complexity index is 215. The van der Waals surface area contributed by atoms with Gasteiger partial charge in [0.05, 0.1) is 0 Å². The van der Waals surface area contributed by atoms with Crippen LogP contribution < -0.4 is 0 Å². The lowest BCUT2D eigenvalue weighted by Crippen LogP contribution is -2.43. The van der Waals surface area contributed by atoms with Crippen LogP contribution in [0, 0.1) is 23.2 Å². The maximum Gasteiger partial charge on any atom is -0.00256 e. The van der Waals surface area contributed by atoms with Gasteiger partial charge >= 0.3 is 0 Å². The average Bonchev–Trinajstić information content (AvgIpc) is 2.84. The highest BCUT2D eigenvalue weighted by atomic mass is 32.2. The molecule has 1 heterocycles. The Balaban J connectivity index is 2.14. The van der Waals surface area contributed by atoms with Gasteiger partial charge in [0, 0.05) is 0 Å². The first-order chi connectivity index (χ1) is 6.73. The third kappa shape index (κ3) is 1.54. The second-order valence-electron chi connectivity index (χ2n) is 5.13. The highest BCUT2D eigenvalue weighted by Crippen LogP contribution is 2.58. The van der Waals surface area contributed by atoms with Crippen LogP contribution in [0.1, 0.15) is 33.1 Å². The molecule has 1 saturated carbocycles. The predicted octanol–water partition coefficient (Wildman–Crippen LogP) is 3.98. The Morgan fingerprint density at radius 3 is 2.36 bits per heavy atom. The maximum absolute atomic E-state index is 4.04. The number of thioether (sulfide) groups is 1. The van der Waals surface area contributed by atoms with E-state index in [4.69, 9.17) is 0 Å². The van der Waals surface area contributed by atoms with Crippen LogP contribution in [0.5, 0.6) is 0 Å². The van der Waals surface area contributed by atoms with Crippen molar-refractivity contribution in [3.63, 3.8) is 0 Å². The summed E-state index contributed by atoms with van der Waals surface area (Å²) in [6.07, 6.45) is 6.45. The monoisotopic (exact) mass is 210 g/mol. The van der Waals surface area contributed by atoms with Gasteiger partial charge in [-0.15, -0.1) is 6.58 Å². The van der Waals surface area contributed by atoms with Gasteiger partial charge in [0.15, 0.2) is 0 Å². The molecule has 14 heavy (non-hydrogen) atoms. The van der Waals surface area contributed by atoms with Crippen LogP contribution in [0.15, 0.2) is 12.7 Å². The molecule has 0 nitrogen and oxygen atoms in total. The van der Waals surface area contributed by atoms with Crippen molar-refractivity contribution in [2.75, 3.05) is 11.5 Å². The van der Waals surface area contributed by atoms with Crippen molar-refractivity contribution in [1.82, 2.24) is 0 Å². The molecule has 0 radical (unpaired) electrons. The second-order valence-corrected chi connectivity index (χ2v) is 6.20. The summed E-state index contributed by atoms with van der Waals surface area (Å²) >= 11 is 2.12. The van der Waals surface area contributed by atoms with E-state index >= 15 is 0 Å². The third-order valence-electron chi connectivity index (χ3n) is 4.50. The quantitative estimate of drug-likeness (QED) is 0.619. The number of rotatable bonds is 5. The third-order valence-corrected chi connectivity index (χ3v) is 5.77. The van der Waals surface area contributed by atoms with Crippen LogP contribution in [0.3, 0.4) is 0 Å². The van der Waals surface area contributed by atoms with Crippen molar-refractivity contribution in [2.45, 2.75) is 33.1 Å². The van der Waals surface area contributed by atoms with Crippen LogP contribution in [-0.2, 0) is 0 Å². The van der Waals surface area contributed by atoms with Gasteiger partial charge < -0.3 is 0 Å². The van der Waals surface area contributed by atoms with E-state index in [1.807, 2.05) is 0 Å². The normalized spacial score (nSPS) is 29.0. The lowest BCUT2D eigenvalue weighted by Gasteiger charge is -2.47. The Morgan fingerprint density at radius 1 is 1.43 bits per heavy atom. The molecule has 1 heteroatoms. The maximum atomic E-state index is 4.04. The molecule has 2 fully saturated rings. The van der Waals surface area contributed by atoms with Crippen LogP contribution in [0.4, 0.5) is 0 Å². The minimum Gasteiger partial charge on any atom is -0.161 e. The molecule has 1 aliphatic carbocycles. The summed E-state index contributed by atoms with van der Waals surface area (Å²) in [5, 5.41) is 0. The summed E-state index contributed by atoms with van der Waals surface area (Å²) in [6, 6.07) is 0. The van der Waals surface area contributed by atoms with Gasteiger partial charge in [0.2, 0.25) is 0 Å². The minimum atomic E-state index is 0.585. The predicted molar refractivity (Wildman–Crippen MR) is 65.6 cm³/mol. The first-order valence-corrected chi connectivity index (χ1v) is 7.09. The van der Waals surface area contributed by atoms with Gasteiger partial charge in [0.1, 0.15) is 0 Å². The highest BCUT2D eigenvalue weighted by molar-refractivity contribution is 8.00. The molecule has 1 aliphatic heterocycles. The molecule has 80 valence electrons. The molecule has 0 amide bonds. The molecular formula is C13H22S. The van der Waals surface area contributed by atoms with Crippen molar-refractivity contribution < 1.29 is 0 Å². The zero-order chi connectivity index (χ0) is 10.2. The standard InChI is InChI=1S/C13H22S/c1-4-10(5-2)13(3,11-6-7-11)12-8-14-9-12/h4,10-12H,1,5-9H2,2-3H3. The van der Waals surface area contributed by atoms with Crippen LogP contribution in [0.25, 0.3) is 0 Å². The topological polar surface area (TPSA) is 0 Å². The molecule has 2 aliphatic rings. The van der Waals surface area contributed by atoms with E-state index in [0.717, 1.165) is 17.8 Å². The van der Waals surface area contributed by atoms with Crippen molar-refractivity contribution in [3.05, 3.63) is 12.7 Å². The molecule has 0 bridgehead atoms. The molecular weight excluding hydrogens is 188 g/mol. The second kappa shape index (κ2) is 3.92. The van der Waals surface area contributed by atoms with Gasteiger partial charge in [-0.1, -0.05) is 19.9 Å². The van der Waals surface area contributed by atoms with Gasteiger partial charge in [0.25, 0.3) is 0 Å². The molecule has 0 aromatic carbocycles. The minimum absolute atomic E-state index is 0.585. The Kier molecular flexibility index (Phi) is 2.97. The Hall–Kier alpha value is 0.0900. The van der Waals surface area contributed by atoms with E-state index in [-0.39, 0.29) is 0 Å². The van der Waals surface area contributed by atoms with Crippen molar-refractivity contribution in [1.29, 1.82) is 0 Å². The number of hydrogen-bond acceptors (Lipinski definition) is 1. The number of allylic oxidation sites excluding steroid dienone is 1. The first-order valence-electron chi connectivity index (χ1n) is 5.93. The molecule has 2 atom stereocenters. The van der Waals surface area contributed by atoms with Crippen LogP contribution >= 0.6 is 11.8 Å². The first kappa shape index (κ1) is 10.6. The highest BCUT2D eigenvalue weighted by Gasteiger charge is 2.51. The van der Waals surface area contributed by atoms with Crippen molar-refractivity contribution in [2.24, 2.45) is 23.2 Å². The SMILES string of the molecule is C=CC(CC)C(C)(C1CC1)C1CSC1. The van der Waals surface area contributed by atoms with E-state index in [1.54, 1.807) is 0 Å². The van der Waals surface area contributed by atoms with Gasteiger partial charge in [-0.2, -0.15) is 11.8 Å². The van der Waals surface area contributed by atoms with E-state index < -0.39 is 0 Å². The molecule has 0 aromatic rings. The molecule has 0 N–H and O–H groups in total. The van der Waals surface area contributed by atoms with Gasteiger partial charge in [-0.3, -0.25) is 0 Å². The fourth-order valence-electron chi connectivity index (χ4n) is 3.10. The van der Waals surface area contributed by atoms with E-state index in [9.17, 15) is 0 Å². The van der Waals surface area contributed by atoms with Crippen molar-refractivity contribution >= 4 is 11.8 Å². The lowest BCUT2D eigenvalue weighted by molar-refractivity contribution is 0.108. The molecule has 0 spiro atoms. The molecule has 2 rings (SSSR count). The summed E-state index contributed by atoms with van der Waals surface area (Å²) in [6.45, 7) is 8.89. The lowest BCUT2D eigenvalue weighted by atomic mass is 9.64.